The second-order valence-electron chi connectivity index (χ2n) is 10.9. The first-order valence-electron chi connectivity index (χ1n) is 14.0. The maximum atomic E-state index is 14.1. The van der Waals surface area contributed by atoms with Crippen molar-refractivity contribution in [2.75, 3.05) is 27.7 Å². The van der Waals surface area contributed by atoms with Gasteiger partial charge in [0.15, 0.2) is 0 Å². The van der Waals surface area contributed by atoms with Gasteiger partial charge in [0.25, 0.3) is 0 Å². The Kier molecular flexibility index (Phi) is 9.54. The Bertz CT molecular complexity index is 1280. The van der Waals surface area contributed by atoms with Gasteiger partial charge in [-0.15, -0.1) is 0 Å². The fourth-order valence-corrected chi connectivity index (χ4v) is 5.32. The zero-order valence-corrected chi connectivity index (χ0v) is 24.3. The number of amides is 3. The van der Waals surface area contributed by atoms with Crippen LogP contribution in [0.25, 0.3) is 6.08 Å². The van der Waals surface area contributed by atoms with Crippen LogP contribution >= 0.6 is 0 Å². The van der Waals surface area contributed by atoms with Crippen molar-refractivity contribution in [2.45, 2.75) is 57.3 Å². The predicted octanol–water partition coefficient (Wildman–Crippen LogP) is 2.55. The standard InChI is InChI=1S/C31H40N4O6/c1-6-19(2)27-29(37)32-15-13-21-18-23(11-12-25(21)40-5)41-26-14-16-35(28(26)30(38)33-27)31(39)24(34(3)4)17-20-7-9-22(36)10-8-20/h7-13,15,18-19,24,26-28,36H,6,14,16-17H2,1-5H3,(H,32,37)(H,33,38)/b15-13+/t19-,24+,26-,27+,28+/m1/s1. The molecule has 41 heavy (non-hydrogen) atoms. The average Bonchev–Trinajstić information content (AvgIpc) is 3.37. The number of rotatable bonds is 7. The number of nitrogens with one attached hydrogen (secondary N) is 2. The van der Waals surface area contributed by atoms with Crippen LogP contribution in [-0.4, -0.2) is 84.6 Å². The van der Waals surface area contributed by atoms with Crippen molar-refractivity contribution in [2.24, 2.45) is 5.92 Å². The molecule has 10 nitrogen and oxygen atoms in total. The molecule has 2 aliphatic rings. The molecule has 4 rings (SSSR count). The highest BCUT2D eigenvalue weighted by Crippen LogP contribution is 2.30. The third-order valence-corrected chi connectivity index (χ3v) is 7.94. The van der Waals surface area contributed by atoms with Crippen LogP contribution in [0.1, 0.15) is 37.8 Å². The molecule has 0 aliphatic carbocycles. The van der Waals surface area contributed by atoms with E-state index >= 15 is 0 Å². The molecule has 2 bridgehead atoms. The molecule has 5 atom stereocenters. The van der Waals surface area contributed by atoms with Crippen LogP contribution in [0.15, 0.2) is 48.7 Å². The Morgan fingerprint density at radius 1 is 1.17 bits per heavy atom. The molecular formula is C31H40N4O6. The molecule has 3 N–H and O–H groups in total. The summed E-state index contributed by atoms with van der Waals surface area (Å²) in [6.45, 7) is 4.19. The minimum Gasteiger partial charge on any atom is -0.508 e. The van der Waals surface area contributed by atoms with Crippen LogP contribution in [-0.2, 0) is 20.8 Å². The summed E-state index contributed by atoms with van der Waals surface area (Å²) in [4.78, 5) is 44.7. The average molecular weight is 565 g/mol. The molecule has 2 heterocycles. The number of nitrogens with zero attached hydrogens (tertiary/aromatic N) is 2. The number of fused-ring (bicyclic) bond motifs is 3. The number of hydrogen-bond donors (Lipinski definition) is 3. The largest absolute Gasteiger partial charge is 0.508 e. The van der Waals surface area contributed by atoms with Crippen molar-refractivity contribution in [3.8, 4) is 17.2 Å². The molecule has 3 amide bonds. The molecule has 2 aliphatic heterocycles. The number of likely N-dealkylation sites (N-methyl/N-ethyl adjacent to an activating group) is 1. The molecule has 2 aromatic rings. The van der Waals surface area contributed by atoms with Crippen molar-refractivity contribution in [1.82, 2.24) is 20.4 Å². The van der Waals surface area contributed by atoms with E-state index in [0.717, 1.165) is 5.56 Å². The Labute approximate surface area is 241 Å². The summed E-state index contributed by atoms with van der Waals surface area (Å²) in [5.74, 6) is 0.152. The van der Waals surface area contributed by atoms with E-state index in [1.54, 1.807) is 60.6 Å². The second-order valence-corrected chi connectivity index (χ2v) is 10.9. The van der Waals surface area contributed by atoms with Crippen molar-refractivity contribution in [1.29, 1.82) is 0 Å². The quantitative estimate of drug-likeness (QED) is 0.473. The first-order chi connectivity index (χ1) is 19.6. The van der Waals surface area contributed by atoms with E-state index in [-0.39, 0.29) is 23.5 Å². The van der Waals surface area contributed by atoms with Gasteiger partial charge in [0.05, 0.1) is 13.2 Å². The lowest BCUT2D eigenvalue weighted by atomic mass is 9.97. The van der Waals surface area contributed by atoms with Crippen LogP contribution in [0.2, 0.25) is 0 Å². The van der Waals surface area contributed by atoms with Crippen LogP contribution < -0.4 is 20.1 Å². The van der Waals surface area contributed by atoms with Crippen molar-refractivity contribution in [3.05, 3.63) is 59.8 Å². The molecule has 0 aromatic heterocycles. The van der Waals surface area contributed by atoms with E-state index < -0.39 is 30.1 Å². The van der Waals surface area contributed by atoms with E-state index in [0.29, 0.717) is 42.9 Å². The molecule has 1 fully saturated rings. The number of phenolic OH excluding ortho intramolecular Hbond substituents is 1. The van der Waals surface area contributed by atoms with Crippen molar-refractivity contribution in [3.63, 3.8) is 0 Å². The highest BCUT2D eigenvalue weighted by molar-refractivity contribution is 5.94. The van der Waals surface area contributed by atoms with Gasteiger partial charge in [-0.2, -0.15) is 0 Å². The first kappa shape index (κ1) is 29.9. The molecule has 1 saturated heterocycles. The molecule has 0 saturated carbocycles. The smallest absolute Gasteiger partial charge is 0.247 e. The molecule has 0 radical (unpaired) electrons. The van der Waals surface area contributed by atoms with E-state index in [9.17, 15) is 19.5 Å². The Morgan fingerprint density at radius 3 is 2.56 bits per heavy atom. The van der Waals surface area contributed by atoms with Crippen LogP contribution in [0.3, 0.4) is 0 Å². The third-order valence-electron chi connectivity index (χ3n) is 7.94. The number of carbonyl (C=O) groups excluding carboxylic acids is 3. The lowest BCUT2D eigenvalue weighted by molar-refractivity contribution is -0.144. The highest BCUT2D eigenvalue weighted by Gasteiger charge is 2.46. The van der Waals surface area contributed by atoms with Crippen molar-refractivity contribution >= 4 is 23.8 Å². The number of hydrogen-bond acceptors (Lipinski definition) is 7. The summed E-state index contributed by atoms with van der Waals surface area (Å²) in [6, 6.07) is 9.77. The minimum atomic E-state index is -0.941. The van der Waals surface area contributed by atoms with Gasteiger partial charge in [-0.25, -0.2) is 0 Å². The van der Waals surface area contributed by atoms with E-state index in [1.807, 2.05) is 32.8 Å². The molecule has 0 unspecified atom stereocenters. The zero-order chi connectivity index (χ0) is 29.7. The number of benzene rings is 2. The summed E-state index contributed by atoms with van der Waals surface area (Å²) >= 11 is 0. The highest BCUT2D eigenvalue weighted by atomic mass is 16.5. The van der Waals surface area contributed by atoms with Crippen LogP contribution in [0, 0.1) is 5.92 Å². The fourth-order valence-electron chi connectivity index (χ4n) is 5.32. The molecule has 0 spiro atoms. The molecule has 220 valence electrons. The van der Waals surface area contributed by atoms with Crippen LogP contribution in [0.5, 0.6) is 17.2 Å². The topological polar surface area (TPSA) is 120 Å². The normalized spacial score (nSPS) is 23.1. The number of likely N-dealkylation sites (tertiary alicyclic amines) is 1. The maximum Gasteiger partial charge on any atom is 0.247 e. The van der Waals surface area contributed by atoms with E-state index in [4.69, 9.17) is 9.47 Å². The number of ether oxygens (including phenoxy) is 2. The van der Waals surface area contributed by atoms with Crippen molar-refractivity contribution < 1.29 is 29.0 Å². The van der Waals surface area contributed by atoms with E-state index in [2.05, 4.69) is 10.6 Å². The van der Waals surface area contributed by atoms with Gasteiger partial charge in [0.1, 0.15) is 35.4 Å². The third kappa shape index (κ3) is 6.82. The summed E-state index contributed by atoms with van der Waals surface area (Å²) in [6.07, 6.45) is 4.14. The predicted molar refractivity (Wildman–Crippen MR) is 155 cm³/mol. The summed E-state index contributed by atoms with van der Waals surface area (Å²) in [7, 11) is 5.22. The minimum absolute atomic E-state index is 0.151. The SMILES string of the molecule is CC[C@@H](C)[C@@H]1NC(=O)[C@@H]2[C@@H](CCN2C(=O)[C@H](Cc2ccc(O)cc2)N(C)C)Oc2ccc(OC)c(c2)/C=C/NC1=O. The Hall–Kier alpha value is -4.05. The summed E-state index contributed by atoms with van der Waals surface area (Å²) < 4.78 is 11.8. The Balaban J connectivity index is 1.70. The maximum absolute atomic E-state index is 14.1. The van der Waals surface area contributed by atoms with Crippen LogP contribution in [0.4, 0.5) is 0 Å². The number of aromatic hydroxyl groups is 1. The molecular weight excluding hydrogens is 524 g/mol. The van der Waals surface area contributed by atoms with Gasteiger partial charge < -0.3 is 30.1 Å². The first-order valence-corrected chi connectivity index (χ1v) is 14.0. The Morgan fingerprint density at radius 2 is 1.90 bits per heavy atom. The summed E-state index contributed by atoms with van der Waals surface area (Å²) in [5.41, 5.74) is 1.58. The fraction of sp³-hybridized carbons (Fsp3) is 0.452. The number of carbonyl (C=O) groups is 3. The van der Waals surface area contributed by atoms with Gasteiger partial charge in [-0.1, -0.05) is 32.4 Å². The van der Waals surface area contributed by atoms with Gasteiger partial charge in [-0.05, 0) is 68.4 Å². The number of methoxy groups -OCH3 is 1. The van der Waals surface area contributed by atoms with E-state index in [1.165, 1.54) is 6.20 Å². The molecule has 2 aromatic carbocycles. The number of phenols is 1. The van der Waals surface area contributed by atoms with Gasteiger partial charge >= 0.3 is 0 Å². The lowest BCUT2D eigenvalue weighted by Gasteiger charge is -2.34. The molecule has 10 heteroatoms. The van der Waals surface area contributed by atoms with Gasteiger partial charge in [0, 0.05) is 24.7 Å². The second kappa shape index (κ2) is 13.1. The summed E-state index contributed by atoms with van der Waals surface area (Å²) in [5, 5.41) is 15.4. The lowest BCUT2D eigenvalue weighted by Crippen LogP contribution is -2.59. The van der Waals surface area contributed by atoms with Gasteiger partial charge in [0.2, 0.25) is 17.7 Å². The zero-order valence-electron chi connectivity index (χ0n) is 24.3. The monoisotopic (exact) mass is 564 g/mol. The van der Waals surface area contributed by atoms with Gasteiger partial charge in [-0.3, -0.25) is 19.3 Å².